The molecular formula is C16H25NO. The van der Waals surface area contributed by atoms with Gasteiger partial charge in [-0.15, -0.1) is 0 Å². The second kappa shape index (κ2) is 6.24. The van der Waals surface area contributed by atoms with Crippen molar-refractivity contribution in [2.24, 2.45) is 5.92 Å². The van der Waals surface area contributed by atoms with Gasteiger partial charge in [-0.1, -0.05) is 31.9 Å². The van der Waals surface area contributed by atoms with Crippen LogP contribution in [0.5, 0.6) is 5.75 Å². The molecule has 1 fully saturated rings. The Labute approximate surface area is 111 Å². The van der Waals surface area contributed by atoms with Crippen molar-refractivity contribution in [3.63, 3.8) is 0 Å². The number of rotatable bonds is 7. The molecule has 1 aliphatic rings. The lowest BCUT2D eigenvalue weighted by atomic mass is 10.1. The maximum atomic E-state index is 5.86. The van der Waals surface area contributed by atoms with Crippen LogP contribution in [0, 0.1) is 12.8 Å². The molecule has 0 bridgehead atoms. The van der Waals surface area contributed by atoms with Gasteiger partial charge in [0.2, 0.25) is 0 Å². The molecule has 0 radical (unpaired) electrons. The molecule has 1 aromatic rings. The van der Waals surface area contributed by atoms with E-state index >= 15 is 0 Å². The molecule has 0 aromatic heterocycles. The SMILES string of the molecule is CCNC(C)c1ccc(OCCC2CC2)c(C)c1. The zero-order chi connectivity index (χ0) is 13.0. The predicted octanol–water partition coefficient (Wildman–Crippen LogP) is 3.84. The van der Waals surface area contributed by atoms with Crippen LogP contribution < -0.4 is 10.1 Å². The van der Waals surface area contributed by atoms with Crippen molar-refractivity contribution in [2.75, 3.05) is 13.2 Å². The number of benzene rings is 1. The highest BCUT2D eigenvalue weighted by atomic mass is 16.5. The van der Waals surface area contributed by atoms with Crippen molar-refractivity contribution in [3.8, 4) is 5.75 Å². The molecule has 1 aromatic carbocycles. The molecule has 18 heavy (non-hydrogen) atoms. The first-order valence-corrected chi connectivity index (χ1v) is 7.17. The lowest BCUT2D eigenvalue weighted by molar-refractivity contribution is 0.300. The highest BCUT2D eigenvalue weighted by Crippen LogP contribution is 2.32. The van der Waals surface area contributed by atoms with E-state index in [1.165, 1.54) is 30.4 Å². The summed E-state index contributed by atoms with van der Waals surface area (Å²) in [6.45, 7) is 8.34. The number of hydrogen-bond acceptors (Lipinski definition) is 2. The van der Waals surface area contributed by atoms with E-state index in [0.29, 0.717) is 6.04 Å². The molecule has 2 nitrogen and oxygen atoms in total. The minimum absolute atomic E-state index is 0.411. The van der Waals surface area contributed by atoms with E-state index in [4.69, 9.17) is 4.74 Å². The Morgan fingerprint density at radius 2 is 2.17 bits per heavy atom. The highest BCUT2D eigenvalue weighted by Gasteiger charge is 2.20. The van der Waals surface area contributed by atoms with E-state index in [2.05, 4.69) is 44.3 Å². The smallest absolute Gasteiger partial charge is 0.122 e. The highest BCUT2D eigenvalue weighted by molar-refractivity contribution is 5.37. The molecule has 0 saturated heterocycles. The predicted molar refractivity (Wildman–Crippen MR) is 76.1 cm³/mol. The van der Waals surface area contributed by atoms with Crippen molar-refractivity contribution in [2.45, 2.75) is 46.1 Å². The Morgan fingerprint density at radius 1 is 1.39 bits per heavy atom. The summed E-state index contributed by atoms with van der Waals surface area (Å²) in [6.07, 6.45) is 4.03. The van der Waals surface area contributed by atoms with Crippen LogP contribution in [0.25, 0.3) is 0 Å². The fourth-order valence-electron chi connectivity index (χ4n) is 2.27. The summed E-state index contributed by atoms with van der Waals surface area (Å²) in [6, 6.07) is 6.94. The van der Waals surface area contributed by atoms with Crippen molar-refractivity contribution in [1.29, 1.82) is 0 Å². The summed E-state index contributed by atoms with van der Waals surface area (Å²) >= 11 is 0. The normalized spacial score (nSPS) is 16.6. The molecule has 1 aliphatic carbocycles. The fraction of sp³-hybridized carbons (Fsp3) is 0.625. The molecule has 1 N–H and O–H groups in total. The number of nitrogens with one attached hydrogen (secondary N) is 1. The maximum Gasteiger partial charge on any atom is 0.122 e. The summed E-state index contributed by atoms with van der Waals surface area (Å²) in [4.78, 5) is 0. The quantitative estimate of drug-likeness (QED) is 0.790. The molecule has 1 saturated carbocycles. The van der Waals surface area contributed by atoms with Gasteiger partial charge in [-0.3, -0.25) is 0 Å². The van der Waals surface area contributed by atoms with Crippen LogP contribution in [-0.4, -0.2) is 13.2 Å². The molecule has 100 valence electrons. The third kappa shape index (κ3) is 3.74. The van der Waals surface area contributed by atoms with E-state index < -0.39 is 0 Å². The first-order valence-electron chi connectivity index (χ1n) is 7.17. The summed E-state index contributed by atoms with van der Waals surface area (Å²) in [5, 5.41) is 3.43. The summed E-state index contributed by atoms with van der Waals surface area (Å²) in [5.41, 5.74) is 2.58. The van der Waals surface area contributed by atoms with Gasteiger partial charge in [-0.25, -0.2) is 0 Å². The average molecular weight is 247 g/mol. The van der Waals surface area contributed by atoms with Gasteiger partial charge in [0, 0.05) is 6.04 Å². The second-order valence-corrected chi connectivity index (χ2v) is 5.38. The molecule has 1 atom stereocenters. The lowest BCUT2D eigenvalue weighted by Crippen LogP contribution is -2.17. The largest absolute Gasteiger partial charge is 0.493 e. The van der Waals surface area contributed by atoms with Gasteiger partial charge >= 0.3 is 0 Å². The van der Waals surface area contributed by atoms with Crippen LogP contribution in [0.1, 0.15) is 50.3 Å². The minimum atomic E-state index is 0.411. The van der Waals surface area contributed by atoms with Crippen molar-refractivity contribution in [1.82, 2.24) is 5.32 Å². The van der Waals surface area contributed by atoms with Gasteiger partial charge in [0.15, 0.2) is 0 Å². The summed E-state index contributed by atoms with van der Waals surface area (Å²) in [5.74, 6) is 1.99. The Balaban J connectivity index is 1.90. The van der Waals surface area contributed by atoms with Crippen LogP contribution in [-0.2, 0) is 0 Å². The summed E-state index contributed by atoms with van der Waals surface area (Å²) < 4.78 is 5.86. The van der Waals surface area contributed by atoms with Crippen LogP contribution >= 0.6 is 0 Å². The molecule has 0 amide bonds. The molecule has 2 heteroatoms. The first kappa shape index (κ1) is 13.4. The zero-order valence-electron chi connectivity index (χ0n) is 11.8. The molecule has 0 spiro atoms. The third-order valence-corrected chi connectivity index (χ3v) is 3.69. The summed E-state index contributed by atoms with van der Waals surface area (Å²) in [7, 11) is 0. The standard InChI is InChI=1S/C16H25NO/c1-4-17-13(3)15-7-8-16(12(2)11-15)18-10-9-14-5-6-14/h7-8,11,13-14,17H,4-6,9-10H2,1-3H3. The minimum Gasteiger partial charge on any atom is -0.493 e. The van der Waals surface area contributed by atoms with Crippen LogP contribution in [0.4, 0.5) is 0 Å². The molecule has 1 unspecified atom stereocenters. The fourth-order valence-corrected chi connectivity index (χ4v) is 2.27. The van der Waals surface area contributed by atoms with Crippen molar-refractivity contribution < 1.29 is 4.74 Å². The van der Waals surface area contributed by atoms with Crippen LogP contribution in [0.3, 0.4) is 0 Å². The van der Waals surface area contributed by atoms with Gasteiger partial charge in [0.1, 0.15) is 5.75 Å². The average Bonchev–Trinajstić information content (AvgIpc) is 3.15. The van der Waals surface area contributed by atoms with Crippen LogP contribution in [0.15, 0.2) is 18.2 Å². The number of hydrogen-bond donors (Lipinski definition) is 1. The first-order chi connectivity index (χ1) is 8.70. The molecule has 0 aliphatic heterocycles. The van der Waals surface area contributed by atoms with E-state index in [1.807, 2.05) is 0 Å². The maximum absolute atomic E-state index is 5.86. The third-order valence-electron chi connectivity index (χ3n) is 3.69. The number of aryl methyl sites for hydroxylation is 1. The Bertz CT molecular complexity index is 385. The van der Waals surface area contributed by atoms with Gasteiger partial charge in [-0.05, 0) is 49.9 Å². The van der Waals surface area contributed by atoms with Gasteiger partial charge in [0.25, 0.3) is 0 Å². The molecule has 0 heterocycles. The van der Waals surface area contributed by atoms with Gasteiger partial charge < -0.3 is 10.1 Å². The van der Waals surface area contributed by atoms with Crippen molar-refractivity contribution >= 4 is 0 Å². The molecular weight excluding hydrogens is 222 g/mol. The van der Waals surface area contributed by atoms with Gasteiger partial charge in [-0.2, -0.15) is 0 Å². The van der Waals surface area contributed by atoms with E-state index in [9.17, 15) is 0 Å². The van der Waals surface area contributed by atoms with E-state index in [1.54, 1.807) is 0 Å². The topological polar surface area (TPSA) is 21.3 Å². The Hall–Kier alpha value is -1.02. The zero-order valence-corrected chi connectivity index (χ0v) is 11.8. The Kier molecular flexibility index (Phi) is 4.65. The Morgan fingerprint density at radius 3 is 2.78 bits per heavy atom. The lowest BCUT2D eigenvalue weighted by Gasteiger charge is -2.15. The molecule has 2 rings (SSSR count). The van der Waals surface area contributed by atoms with E-state index in [-0.39, 0.29) is 0 Å². The second-order valence-electron chi connectivity index (χ2n) is 5.38. The van der Waals surface area contributed by atoms with Crippen molar-refractivity contribution in [3.05, 3.63) is 29.3 Å². The monoisotopic (exact) mass is 247 g/mol. The van der Waals surface area contributed by atoms with E-state index in [0.717, 1.165) is 24.8 Å². The van der Waals surface area contributed by atoms with Gasteiger partial charge in [0.05, 0.1) is 6.61 Å². The van der Waals surface area contributed by atoms with Crippen LogP contribution in [0.2, 0.25) is 0 Å². The number of ether oxygens (including phenoxy) is 1.